The highest BCUT2D eigenvalue weighted by atomic mass is 16.5. The SMILES string of the molecule is CC(Oc1cccc(CO)c1)c1ccccc1. The highest BCUT2D eigenvalue weighted by molar-refractivity contribution is 5.29. The molecular weight excluding hydrogens is 212 g/mol. The van der Waals surface area contributed by atoms with Gasteiger partial charge in [-0.2, -0.15) is 0 Å². The van der Waals surface area contributed by atoms with Crippen LogP contribution in [0.1, 0.15) is 24.2 Å². The van der Waals surface area contributed by atoms with E-state index in [1.165, 1.54) is 0 Å². The second kappa shape index (κ2) is 5.51. The summed E-state index contributed by atoms with van der Waals surface area (Å²) >= 11 is 0. The topological polar surface area (TPSA) is 29.5 Å². The molecule has 0 saturated heterocycles. The van der Waals surface area contributed by atoms with E-state index in [1.807, 2.05) is 61.5 Å². The molecule has 2 nitrogen and oxygen atoms in total. The molecule has 88 valence electrons. The monoisotopic (exact) mass is 228 g/mol. The average molecular weight is 228 g/mol. The minimum absolute atomic E-state index is 0.00476. The molecule has 0 saturated carbocycles. The largest absolute Gasteiger partial charge is 0.486 e. The van der Waals surface area contributed by atoms with E-state index in [2.05, 4.69) is 0 Å². The van der Waals surface area contributed by atoms with Gasteiger partial charge in [-0.15, -0.1) is 0 Å². The van der Waals surface area contributed by atoms with Gasteiger partial charge in [-0.05, 0) is 30.2 Å². The number of aliphatic hydroxyl groups is 1. The van der Waals surface area contributed by atoms with E-state index in [0.29, 0.717) is 0 Å². The fourth-order valence-corrected chi connectivity index (χ4v) is 1.71. The quantitative estimate of drug-likeness (QED) is 0.869. The Hall–Kier alpha value is -1.80. The van der Waals surface area contributed by atoms with Gasteiger partial charge in [0.15, 0.2) is 0 Å². The molecule has 0 aliphatic rings. The van der Waals surface area contributed by atoms with E-state index in [4.69, 9.17) is 9.84 Å². The predicted molar refractivity (Wildman–Crippen MR) is 67.8 cm³/mol. The number of ether oxygens (including phenoxy) is 1. The maximum Gasteiger partial charge on any atom is 0.121 e. The first kappa shape index (κ1) is 11.7. The molecule has 0 aliphatic heterocycles. The van der Waals surface area contributed by atoms with Gasteiger partial charge in [-0.3, -0.25) is 0 Å². The summed E-state index contributed by atoms with van der Waals surface area (Å²) in [4.78, 5) is 0. The van der Waals surface area contributed by atoms with Crippen LogP contribution < -0.4 is 4.74 Å². The summed E-state index contributed by atoms with van der Waals surface area (Å²) in [5, 5.41) is 9.06. The lowest BCUT2D eigenvalue weighted by molar-refractivity contribution is 0.225. The van der Waals surface area contributed by atoms with Crippen molar-refractivity contribution in [3.8, 4) is 5.75 Å². The van der Waals surface area contributed by atoms with Crippen LogP contribution in [-0.4, -0.2) is 5.11 Å². The lowest BCUT2D eigenvalue weighted by Gasteiger charge is -2.15. The first-order chi connectivity index (χ1) is 8.29. The molecule has 2 aromatic carbocycles. The Bertz CT molecular complexity index is 465. The first-order valence-corrected chi connectivity index (χ1v) is 5.71. The molecule has 17 heavy (non-hydrogen) atoms. The second-order valence-electron chi connectivity index (χ2n) is 3.98. The molecule has 0 aliphatic carbocycles. The highest BCUT2D eigenvalue weighted by Gasteiger charge is 2.06. The Balaban J connectivity index is 2.10. The van der Waals surface area contributed by atoms with Crippen molar-refractivity contribution in [1.29, 1.82) is 0 Å². The molecular formula is C15H16O2. The molecule has 2 heteroatoms. The van der Waals surface area contributed by atoms with Crippen molar-refractivity contribution >= 4 is 0 Å². The number of rotatable bonds is 4. The van der Waals surface area contributed by atoms with Gasteiger partial charge in [0.05, 0.1) is 6.61 Å². The van der Waals surface area contributed by atoms with Crippen LogP contribution in [0.25, 0.3) is 0 Å². The summed E-state index contributed by atoms with van der Waals surface area (Å²) in [6, 6.07) is 17.6. The summed E-state index contributed by atoms with van der Waals surface area (Å²) in [7, 11) is 0. The Kier molecular flexibility index (Phi) is 3.78. The summed E-state index contributed by atoms with van der Waals surface area (Å²) < 4.78 is 5.83. The number of aliphatic hydroxyl groups excluding tert-OH is 1. The van der Waals surface area contributed by atoms with Crippen LogP contribution in [0.4, 0.5) is 0 Å². The second-order valence-corrected chi connectivity index (χ2v) is 3.98. The lowest BCUT2D eigenvalue weighted by atomic mass is 10.1. The maximum absolute atomic E-state index is 9.06. The van der Waals surface area contributed by atoms with E-state index in [0.717, 1.165) is 16.9 Å². The van der Waals surface area contributed by atoms with Crippen molar-refractivity contribution in [1.82, 2.24) is 0 Å². The predicted octanol–water partition coefficient (Wildman–Crippen LogP) is 3.32. The van der Waals surface area contributed by atoms with Crippen LogP contribution >= 0.6 is 0 Å². The zero-order chi connectivity index (χ0) is 12.1. The number of benzene rings is 2. The first-order valence-electron chi connectivity index (χ1n) is 5.71. The van der Waals surface area contributed by atoms with Gasteiger partial charge in [-0.1, -0.05) is 42.5 Å². The fraction of sp³-hybridized carbons (Fsp3) is 0.200. The molecule has 1 unspecified atom stereocenters. The van der Waals surface area contributed by atoms with Gasteiger partial charge in [-0.25, -0.2) is 0 Å². The van der Waals surface area contributed by atoms with Crippen LogP contribution in [-0.2, 0) is 6.61 Å². The van der Waals surface area contributed by atoms with Crippen molar-refractivity contribution in [3.05, 3.63) is 65.7 Å². The summed E-state index contributed by atoms with van der Waals surface area (Å²) in [5.74, 6) is 0.785. The number of hydrogen-bond acceptors (Lipinski definition) is 2. The number of hydrogen-bond donors (Lipinski definition) is 1. The van der Waals surface area contributed by atoms with Crippen LogP contribution in [0, 0.1) is 0 Å². The molecule has 0 bridgehead atoms. The third kappa shape index (κ3) is 3.08. The maximum atomic E-state index is 9.06. The van der Waals surface area contributed by atoms with E-state index < -0.39 is 0 Å². The van der Waals surface area contributed by atoms with E-state index in [1.54, 1.807) is 0 Å². The molecule has 0 radical (unpaired) electrons. The Morgan fingerprint density at radius 1 is 1.06 bits per heavy atom. The van der Waals surface area contributed by atoms with Gasteiger partial charge < -0.3 is 9.84 Å². The standard InChI is InChI=1S/C15H16O2/c1-12(14-7-3-2-4-8-14)17-15-9-5-6-13(10-15)11-16/h2-10,12,16H,11H2,1H3. The zero-order valence-corrected chi connectivity index (χ0v) is 9.84. The minimum Gasteiger partial charge on any atom is -0.486 e. The van der Waals surface area contributed by atoms with Crippen molar-refractivity contribution in [3.63, 3.8) is 0 Å². The van der Waals surface area contributed by atoms with Crippen molar-refractivity contribution < 1.29 is 9.84 Å². The highest BCUT2D eigenvalue weighted by Crippen LogP contribution is 2.22. The van der Waals surface area contributed by atoms with Gasteiger partial charge in [0.25, 0.3) is 0 Å². The molecule has 2 aromatic rings. The fourth-order valence-electron chi connectivity index (χ4n) is 1.71. The molecule has 0 heterocycles. The molecule has 1 N–H and O–H groups in total. The smallest absolute Gasteiger partial charge is 0.121 e. The zero-order valence-electron chi connectivity index (χ0n) is 9.84. The molecule has 0 aromatic heterocycles. The third-order valence-electron chi connectivity index (χ3n) is 2.66. The van der Waals surface area contributed by atoms with Gasteiger partial charge in [0.2, 0.25) is 0 Å². The molecule has 0 spiro atoms. The normalized spacial score (nSPS) is 12.1. The molecule has 0 fully saturated rings. The van der Waals surface area contributed by atoms with E-state index in [9.17, 15) is 0 Å². The van der Waals surface area contributed by atoms with Crippen LogP contribution in [0.5, 0.6) is 5.75 Å². The van der Waals surface area contributed by atoms with E-state index >= 15 is 0 Å². The van der Waals surface area contributed by atoms with Crippen molar-refractivity contribution in [2.45, 2.75) is 19.6 Å². The van der Waals surface area contributed by atoms with E-state index in [-0.39, 0.29) is 12.7 Å². The summed E-state index contributed by atoms with van der Waals surface area (Å²) in [6.07, 6.45) is 0.00476. The molecule has 0 amide bonds. The Labute approximate surface area is 101 Å². The summed E-state index contributed by atoms with van der Waals surface area (Å²) in [6.45, 7) is 2.05. The van der Waals surface area contributed by atoms with Gasteiger partial charge in [0, 0.05) is 0 Å². The molecule has 2 rings (SSSR count). The van der Waals surface area contributed by atoms with Crippen LogP contribution in [0.15, 0.2) is 54.6 Å². The van der Waals surface area contributed by atoms with Gasteiger partial charge >= 0.3 is 0 Å². The Morgan fingerprint density at radius 3 is 2.53 bits per heavy atom. The lowest BCUT2D eigenvalue weighted by Crippen LogP contribution is -2.02. The summed E-state index contributed by atoms with van der Waals surface area (Å²) in [5.41, 5.74) is 2.00. The molecule has 1 atom stereocenters. The van der Waals surface area contributed by atoms with Crippen LogP contribution in [0.2, 0.25) is 0 Å². The third-order valence-corrected chi connectivity index (χ3v) is 2.66. The van der Waals surface area contributed by atoms with Crippen molar-refractivity contribution in [2.75, 3.05) is 0 Å². The van der Waals surface area contributed by atoms with Gasteiger partial charge in [0.1, 0.15) is 11.9 Å². The van der Waals surface area contributed by atoms with Crippen molar-refractivity contribution in [2.24, 2.45) is 0 Å². The van der Waals surface area contributed by atoms with Crippen LogP contribution in [0.3, 0.4) is 0 Å². The average Bonchev–Trinajstić information content (AvgIpc) is 2.40. The minimum atomic E-state index is 0.00476. The Morgan fingerprint density at radius 2 is 1.82 bits per heavy atom.